The fraction of sp³-hybridized carbons (Fsp3) is 0.222. The van der Waals surface area contributed by atoms with Gasteiger partial charge in [-0.15, -0.1) is 0 Å². The summed E-state index contributed by atoms with van der Waals surface area (Å²) in [6.07, 6.45) is 0. The Morgan fingerprint density at radius 3 is 2.60 bits per heavy atom. The van der Waals surface area contributed by atoms with Crippen molar-refractivity contribution >= 4 is 21.6 Å². The van der Waals surface area contributed by atoms with Crippen LogP contribution in [0, 0.1) is 11.3 Å². The van der Waals surface area contributed by atoms with Crippen LogP contribution in [0.25, 0.3) is 0 Å². The van der Waals surface area contributed by atoms with Crippen molar-refractivity contribution in [3.63, 3.8) is 0 Å². The topological polar surface area (TPSA) is 61.2 Å². The first-order valence-corrected chi connectivity index (χ1v) is 5.89. The van der Waals surface area contributed by atoms with Gasteiger partial charge in [0.15, 0.2) is 0 Å². The number of hydrogen-bond donors (Lipinski definition) is 0. The van der Waals surface area contributed by atoms with Gasteiger partial charge in [0, 0.05) is 7.05 Å². The lowest BCUT2D eigenvalue weighted by Gasteiger charge is -2.14. The van der Waals surface area contributed by atoms with Gasteiger partial charge < -0.3 is 0 Å². The number of nitriles is 1. The predicted molar refractivity (Wildman–Crippen MR) is 56.9 cm³/mol. The quantitative estimate of drug-likeness (QED) is 0.757. The summed E-state index contributed by atoms with van der Waals surface area (Å²) in [6.45, 7) is -0.201. The van der Waals surface area contributed by atoms with Crippen LogP contribution in [-0.2, 0) is 10.0 Å². The zero-order valence-electron chi connectivity index (χ0n) is 8.01. The highest BCUT2D eigenvalue weighted by molar-refractivity contribution is 7.89. The number of halogens is 1. The molecule has 0 atom stereocenters. The van der Waals surface area contributed by atoms with Gasteiger partial charge in [-0.05, 0) is 12.1 Å². The van der Waals surface area contributed by atoms with Crippen molar-refractivity contribution in [2.24, 2.45) is 0 Å². The summed E-state index contributed by atoms with van der Waals surface area (Å²) in [5.74, 6) is 0. The average Bonchev–Trinajstić information content (AvgIpc) is 2.18. The van der Waals surface area contributed by atoms with Gasteiger partial charge in [-0.3, -0.25) is 0 Å². The third-order valence-corrected chi connectivity index (χ3v) is 4.12. The summed E-state index contributed by atoms with van der Waals surface area (Å²) in [6, 6.07) is 7.90. The van der Waals surface area contributed by atoms with Crippen molar-refractivity contribution in [2.45, 2.75) is 4.90 Å². The number of hydrogen-bond acceptors (Lipinski definition) is 3. The number of sulfonamides is 1. The smallest absolute Gasteiger partial charge is 0.207 e. The van der Waals surface area contributed by atoms with E-state index in [2.05, 4.69) is 0 Å². The van der Waals surface area contributed by atoms with Crippen LogP contribution in [0.3, 0.4) is 0 Å². The van der Waals surface area contributed by atoms with Crippen LogP contribution in [0.15, 0.2) is 29.2 Å². The molecule has 1 rings (SSSR count). The van der Waals surface area contributed by atoms with E-state index in [-0.39, 0.29) is 16.5 Å². The molecule has 0 unspecified atom stereocenters. The van der Waals surface area contributed by atoms with E-state index in [1.54, 1.807) is 18.2 Å². The third-order valence-electron chi connectivity index (χ3n) is 1.82. The van der Waals surface area contributed by atoms with Gasteiger partial charge in [0.2, 0.25) is 10.0 Å². The minimum absolute atomic E-state index is 0.0180. The van der Waals surface area contributed by atoms with E-state index in [0.717, 1.165) is 4.31 Å². The lowest BCUT2D eigenvalue weighted by atomic mass is 10.4. The summed E-state index contributed by atoms with van der Waals surface area (Å²) >= 11 is 5.76. The summed E-state index contributed by atoms with van der Waals surface area (Å²) in [5, 5.41) is 8.58. The molecule has 0 aliphatic carbocycles. The first-order chi connectivity index (χ1) is 7.00. The number of benzene rings is 1. The highest BCUT2D eigenvalue weighted by Gasteiger charge is 2.22. The van der Waals surface area contributed by atoms with E-state index in [1.807, 2.05) is 0 Å². The largest absolute Gasteiger partial charge is 0.245 e. The van der Waals surface area contributed by atoms with Gasteiger partial charge >= 0.3 is 0 Å². The first kappa shape index (κ1) is 12.0. The Bertz CT molecular complexity index is 493. The van der Waals surface area contributed by atoms with Crippen molar-refractivity contribution in [3.05, 3.63) is 29.3 Å². The monoisotopic (exact) mass is 244 g/mol. The van der Waals surface area contributed by atoms with Crippen LogP contribution in [0.5, 0.6) is 0 Å². The van der Waals surface area contributed by atoms with E-state index in [4.69, 9.17) is 16.9 Å². The first-order valence-electron chi connectivity index (χ1n) is 4.08. The molecule has 1 aromatic carbocycles. The SMILES string of the molecule is CN(CC#N)S(=O)(=O)c1ccccc1Cl. The second-order valence-electron chi connectivity index (χ2n) is 2.85. The van der Waals surface area contributed by atoms with Crippen molar-refractivity contribution in [1.82, 2.24) is 4.31 Å². The highest BCUT2D eigenvalue weighted by atomic mass is 35.5. The van der Waals surface area contributed by atoms with Crippen LogP contribution in [0.1, 0.15) is 0 Å². The maximum atomic E-state index is 11.8. The minimum Gasteiger partial charge on any atom is -0.207 e. The summed E-state index contributed by atoms with van der Waals surface area (Å²) in [7, 11) is -2.32. The maximum Gasteiger partial charge on any atom is 0.245 e. The molecule has 15 heavy (non-hydrogen) atoms. The highest BCUT2D eigenvalue weighted by Crippen LogP contribution is 2.22. The van der Waals surface area contributed by atoms with Crippen molar-refractivity contribution in [1.29, 1.82) is 5.26 Å². The molecule has 0 saturated carbocycles. The lowest BCUT2D eigenvalue weighted by Crippen LogP contribution is -2.27. The zero-order chi connectivity index (χ0) is 11.5. The fourth-order valence-electron chi connectivity index (χ4n) is 1.01. The molecule has 0 spiro atoms. The Morgan fingerprint density at radius 1 is 1.47 bits per heavy atom. The third kappa shape index (κ3) is 2.48. The molecular formula is C9H9ClN2O2S. The Labute approximate surface area is 93.7 Å². The molecule has 6 heteroatoms. The molecule has 0 aliphatic heterocycles. The molecule has 0 saturated heterocycles. The van der Waals surface area contributed by atoms with Crippen LogP contribution in [0.4, 0.5) is 0 Å². The molecule has 0 amide bonds. The van der Waals surface area contributed by atoms with E-state index < -0.39 is 10.0 Å². The molecule has 80 valence electrons. The lowest BCUT2D eigenvalue weighted by molar-refractivity contribution is 0.502. The molecule has 0 N–H and O–H groups in total. The second kappa shape index (κ2) is 4.62. The molecule has 0 aliphatic rings. The van der Waals surface area contributed by atoms with Crippen molar-refractivity contribution < 1.29 is 8.42 Å². The standard InChI is InChI=1S/C9H9ClN2O2S/c1-12(7-6-11)15(13,14)9-5-3-2-4-8(9)10/h2-5H,7H2,1H3. The molecule has 0 aromatic heterocycles. The molecule has 0 bridgehead atoms. The van der Waals surface area contributed by atoms with Gasteiger partial charge in [0.05, 0.1) is 11.1 Å². The average molecular weight is 245 g/mol. The fourth-order valence-corrected chi connectivity index (χ4v) is 2.56. The van der Waals surface area contributed by atoms with Gasteiger partial charge in [-0.2, -0.15) is 9.57 Å². The van der Waals surface area contributed by atoms with Gasteiger partial charge in [-0.25, -0.2) is 8.42 Å². The Hall–Kier alpha value is -1.09. The summed E-state index contributed by atoms with van der Waals surface area (Å²) < 4.78 is 24.6. The van der Waals surface area contributed by atoms with E-state index in [1.165, 1.54) is 19.2 Å². The Morgan fingerprint density at radius 2 is 2.07 bits per heavy atom. The van der Waals surface area contributed by atoms with Crippen LogP contribution >= 0.6 is 11.6 Å². The number of rotatable bonds is 3. The van der Waals surface area contributed by atoms with E-state index >= 15 is 0 Å². The van der Waals surface area contributed by atoms with Crippen molar-refractivity contribution in [2.75, 3.05) is 13.6 Å². The number of nitrogens with zero attached hydrogens (tertiary/aromatic N) is 2. The minimum atomic E-state index is -3.65. The Balaban J connectivity index is 3.19. The molecular weight excluding hydrogens is 236 g/mol. The molecule has 4 nitrogen and oxygen atoms in total. The summed E-state index contributed by atoms with van der Waals surface area (Å²) in [4.78, 5) is 0.0180. The molecule has 1 aromatic rings. The van der Waals surface area contributed by atoms with Gasteiger partial charge in [0.1, 0.15) is 11.4 Å². The molecule has 0 heterocycles. The zero-order valence-corrected chi connectivity index (χ0v) is 9.59. The van der Waals surface area contributed by atoms with Gasteiger partial charge in [0.25, 0.3) is 0 Å². The van der Waals surface area contributed by atoms with Crippen LogP contribution in [-0.4, -0.2) is 26.3 Å². The van der Waals surface area contributed by atoms with E-state index in [9.17, 15) is 8.42 Å². The van der Waals surface area contributed by atoms with Gasteiger partial charge in [-0.1, -0.05) is 23.7 Å². The van der Waals surface area contributed by atoms with Crippen LogP contribution in [0.2, 0.25) is 5.02 Å². The van der Waals surface area contributed by atoms with E-state index in [0.29, 0.717) is 0 Å². The van der Waals surface area contributed by atoms with Crippen LogP contribution < -0.4 is 0 Å². The van der Waals surface area contributed by atoms with Crippen molar-refractivity contribution in [3.8, 4) is 6.07 Å². The molecule has 0 fully saturated rings. The second-order valence-corrected chi connectivity index (χ2v) is 5.27. The summed E-state index contributed by atoms with van der Waals surface area (Å²) in [5.41, 5.74) is 0. The normalized spacial score (nSPS) is 11.3. The maximum absolute atomic E-state index is 11.8. The Kier molecular flexibility index (Phi) is 3.69. The predicted octanol–water partition coefficient (Wildman–Crippen LogP) is 1.48. The molecule has 0 radical (unpaired) electrons.